The van der Waals surface area contributed by atoms with Gasteiger partial charge in [-0.1, -0.05) is 19.3 Å². The van der Waals surface area contributed by atoms with E-state index in [1.54, 1.807) is 6.07 Å². The van der Waals surface area contributed by atoms with Crippen molar-refractivity contribution in [2.75, 3.05) is 25.4 Å². The number of aromatic nitrogens is 1. The van der Waals surface area contributed by atoms with Crippen molar-refractivity contribution in [1.29, 1.82) is 0 Å². The molecule has 2 N–H and O–H groups in total. The molecule has 120 valence electrons. The van der Waals surface area contributed by atoms with Gasteiger partial charge in [-0.25, -0.2) is 0 Å². The number of anilines is 1. The van der Waals surface area contributed by atoms with E-state index in [0.29, 0.717) is 17.5 Å². The molecule has 0 unspecified atom stereocenters. The Kier molecular flexibility index (Phi) is 3.73. The smallest absolute Gasteiger partial charge is 0.273 e. The lowest BCUT2D eigenvalue weighted by Gasteiger charge is -2.44. The SMILES string of the molecule is Nc1ccc2n(c1=O)C[C@@H]1C[C@@H]2CN(CC2CCCCC2)C1. The van der Waals surface area contributed by atoms with Crippen LogP contribution in [0.2, 0.25) is 0 Å². The summed E-state index contributed by atoms with van der Waals surface area (Å²) in [4.78, 5) is 14.9. The molecule has 4 nitrogen and oxygen atoms in total. The molecule has 2 atom stereocenters. The standard InChI is InChI=1S/C18H27N3O/c19-16-6-7-17-15-8-14(11-21(17)18(16)22)10-20(12-15)9-13-4-2-1-3-5-13/h6-7,13-15H,1-5,8-12,19H2/t14-,15-/m1/s1. The first-order chi connectivity index (χ1) is 10.7. The summed E-state index contributed by atoms with van der Waals surface area (Å²) >= 11 is 0. The van der Waals surface area contributed by atoms with Gasteiger partial charge in [-0.3, -0.25) is 4.79 Å². The van der Waals surface area contributed by atoms with Gasteiger partial charge in [0, 0.05) is 37.8 Å². The van der Waals surface area contributed by atoms with Crippen LogP contribution < -0.4 is 11.3 Å². The van der Waals surface area contributed by atoms with Crippen LogP contribution >= 0.6 is 0 Å². The van der Waals surface area contributed by atoms with Crippen LogP contribution in [-0.4, -0.2) is 29.1 Å². The van der Waals surface area contributed by atoms with Crippen LogP contribution in [-0.2, 0) is 6.54 Å². The van der Waals surface area contributed by atoms with E-state index < -0.39 is 0 Å². The Balaban J connectivity index is 1.52. The first kappa shape index (κ1) is 14.3. The quantitative estimate of drug-likeness (QED) is 0.913. The van der Waals surface area contributed by atoms with Crippen molar-refractivity contribution in [2.24, 2.45) is 11.8 Å². The molecule has 0 radical (unpaired) electrons. The molecule has 3 heterocycles. The van der Waals surface area contributed by atoms with E-state index in [1.165, 1.54) is 50.8 Å². The van der Waals surface area contributed by atoms with Crippen LogP contribution in [0.3, 0.4) is 0 Å². The molecule has 3 aliphatic rings. The van der Waals surface area contributed by atoms with Crippen LogP contribution in [0.15, 0.2) is 16.9 Å². The lowest BCUT2D eigenvalue weighted by molar-refractivity contribution is 0.0968. The van der Waals surface area contributed by atoms with Gasteiger partial charge in [-0.15, -0.1) is 0 Å². The molecule has 4 rings (SSSR count). The largest absolute Gasteiger partial charge is 0.394 e. The van der Waals surface area contributed by atoms with Crippen LogP contribution in [0, 0.1) is 11.8 Å². The molecule has 0 spiro atoms. The zero-order chi connectivity index (χ0) is 15.1. The summed E-state index contributed by atoms with van der Waals surface area (Å²) in [7, 11) is 0. The van der Waals surface area contributed by atoms with Crippen LogP contribution in [0.4, 0.5) is 5.69 Å². The number of hydrogen-bond acceptors (Lipinski definition) is 3. The van der Waals surface area contributed by atoms with E-state index in [-0.39, 0.29) is 5.56 Å². The van der Waals surface area contributed by atoms with Crippen molar-refractivity contribution in [3.05, 3.63) is 28.2 Å². The van der Waals surface area contributed by atoms with Crippen molar-refractivity contribution < 1.29 is 0 Å². The average Bonchev–Trinajstić information content (AvgIpc) is 2.52. The minimum atomic E-state index is 0.0212. The van der Waals surface area contributed by atoms with E-state index in [0.717, 1.165) is 25.6 Å². The second kappa shape index (κ2) is 5.73. The molecule has 22 heavy (non-hydrogen) atoms. The van der Waals surface area contributed by atoms with Gasteiger partial charge >= 0.3 is 0 Å². The van der Waals surface area contributed by atoms with Crippen molar-refractivity contribution in [3.8, 4) is 0 Å². The molecule has 1 aromatic heterocycles. The number of rotatable bonds is 2. The summed E-state index contributed by atoms with van der Waals surface area (Å²) in [5.41, 5.74) is 7.43. The summed E-state index contributed by atoms with van der Waals surface area (Å²) in [5.74, 6) is 2.04. The third-order valence-electron chi connectivity index (χ3n) is 5.95. The number of pyridine rings is 1. The average molecular weight is 301 g/mol. The molecule has 2 bridgehead atoms. The second-order valence-electron chi connectivity index (χ2n) is 7.65. The maximum Gasteiger partial charge on any atom is 0.273 e. The van der Waals surface area contributed by atoms with Crippen molar-refractivity contribution in [2.45, 2.75) is 51.0 Å². The lowest BCUT2D eigenvalue weighted by Crippen LogP contribution is -2.48. The maximum absolute atomic E-state index is 12.3. The Hall–Kier alpha value is -1.29. The minimum absolute atomic E-state index is 0.0212. The number of piperidine rings is 1. The topological polar surface area (TPSA) is 51.3 Å². The number of nitrogens with zero attached hydrogens (tertiary/aromatic N) is 2. The van der Waals surface area contributed by atoms with Gasteiger partial charge in [0.05, 0.1) is 5.69 Å². The maximum atomic E-state index is 12.3. The minimum Gasteiger partial charge on any atom is -0.394 e. The fourth-order valence-corrected chi connectivity index (χ4v) is 4.95. The van der Waals surface area contributed by atoms with Gasteiger partial charge in [-0.05, 0) is 43.2 Å². The normalized spacial score (nSPS) is 29.3. The van der Waals surface area contributed by atoms with Crippen molar-refractivity contribution >= 4 is 5.69 Å². The monoisotopic (exact) mass is 301 g/mol. The number of nitrogen functional groups attached to an aromatic ring is 1. The number of likely N-dealkylation sites (tertiary alicyclic amines) is 1. The third kappa shape index (κ3) is 2.58. The van der Waals surface area contributed by atoms with E-state index >= 15 is 0 Å². The van der Waals surface area contributed by atoms with E-state index in [1.807, 2.05) is 4.57 Å². The lowest BCUT2D eigenvalue weighted by atomic mass is 9.82. The Labute approximate surface area is 132 Å². The predicted molar refractivity (Wildman–Crippen MR) is 89.0 cm³/mol. The van der Waals surface area contributed by atoms with Crippen molar-refractivity contribution in [3.63, 3.8) is 0 Å². The zero-order valence-electron chi connectivity index (χ0n) is 13.3. The van der Waals surface area contributed by atoms with Crippen LogP contribution in [0.5, 0.6) is 0 Å². The highest BCUT2D eigenvalue weighted by molar-refractivity contribution is 5.37. The third-order valence-corrected chi connectivity index (χ3v) is 5.95. The number of hydrogen-bond donors (Lipinski definition) is 1. The first-order valence-corrected chi connectivity index (χ1v) is 8.92. The Morgan fingerprint density at radius 3 is 2.73 bits per heavy atom. The number of fused-ring (bicyclic) bond motifs is 4. The summed E-state index contributed by atoms with van der Waals surface area (Å²) in [6.45, 7) is 4.41. The molecule has 2 aliphatic heterocycles. The van der Waals surface area contributed by atoms with Gasteiger partial charge in [0.2, 0.25) is 0 Å². The number of nitrogens with two attached hydrogens (primary N) is 1. The van der Waals surface area contributed by atoms with E-state index in [2.05, 4.69) is 11.0 Å². The molecule has 1 aromatic rings. The van der Waals surface area contributed by atoms with Gasteiger partial charge in [0.1, 0.15) is 0 Å². The Morgan fingerprint density at radius 1 is 1.09 bits per heavy atom. The second-order valence-corrected chi connectivity index (χ2v) is 7.65. The predicted octanol–water partition coefficient (Wildman–Crippen LogP) is 2.43. The fraction of sp³-hybridized carbons (Fsp3) is 0.722. The molecule has 2 fully saturated rings. The summed E-state index contributed by atoms with van der Waals surface area (Å²) in [6, 6.07) is 3.89. The fourth-order valence-electron chi connectivity index (χ4n) is 4.95. The van der Waals surface area contributed by atoms with Gasteiger partial charge in [-0.2, -0.15) is 0 Å². The highest BCUT2D eigenvalue weighted by Crippen LogP contribution is 2.36. The molecule has 1 aliphatic carbocycles. The molecule has 4 heteroatoms. The van der Waals surface area contributed by atoms with Gasteiger partial charge in [0.15, 0.2) is 0 Å². The van der Waals surface area contributed by atoms with Gasteiger partial charge in [0.25, 0.3) is 5.56 Å². The summed E-state index contributed by atoms with van der Waals surface area (Å²) in [6.07, 6.45) is 8.34. The van der Waals surface area contributed by atoms with E-state index in [9.17, 15) is 4.79 Å². The molecule has 1 saturated heterocycles. The highest BCUT2D eigenvalue weighted by atomic mass is 16.1. The Bertz CT molecular complexity index is 603. The molecule has 0 aromatic carbocycles. The van der Waals surface area contributed by atoms with Crippen LogP contribution in [0.1, 0.15) is 50.1 Å². The molecule has 1 saturated carbocycles. The molecule has 0 amide bonds. The molecular formula is C18H27N3O. The summed E-state index contributed by atoms with van der Waals surface area (Å²) in [5, 5.41) is 0. The highest BCUT2D eigenvalue weighted by Gasteiger charge is 2.35. The van der Waals surface area contributed by atoms with E-state index in [4.69, 9.17) is 5.73 Å². The van der Waals surface area contributed by atoms with Gasteiger partial charge < -0.3 is 15.2 Å². The summed E-state index contributed by atoms with van der Waals surface area (Å²) < 4.78 is 1.95. The molecular weight excluding hydrogens is 274 g/mol. The first-order valence-electron chi connectivity index (χ1n) is 8.92. The Morgan fingerprint density at radius 2 is 1.91 bits per heavy atom. The van der Waals surface area contributed by atoms with Crippen molar-refractivity contribution in [1.82, 2.24) is 9.47 Å². The van der Waals surface area contributed by atoms with Crippen LogP contribution in [0.25, 0.3) is 0 Å². The zero-order valence-corrected chi connectivity index (χ0v) is 13.3.